The van der Waals surface area contributed by atoms with Crippen molar-refractivity contribution < 1.29 is 85.3 Å². The summed E-state index contributed by atoms with van der Waals surface area (Å²) in [6.45, 7) is 2.03. The third kappa shape index (κ3) is 22.5. The van der Waals surface area contributed by atoms with Crippen LogP contribution < -0.4 is 35.9 Å². The van der Waals surface area contributed by atoms with Crippen LogP contribution in [0.4, 0.5) is 5.82 Å². The maximum absolute atomic E-state index is 12.6. The summed E-state index contributed by atoms with van der Waals surface area (Å²) in [6.07, 6.45) is 14.2. The highest BCUT2D eigenvalue weighted by atomic mass is 32.2. The summed E-state index contributed by atoms with van der Waals surface area (Å²) < 4.78 is 60.8. The number of ether oxygens (including phenoxy) is 1. The normalized spacial score (nSPS) is 20.0. The fourth-order valence-corrected chi connectivity index (χ4v) is 9.94. The topological polar surface area (TPSA) is 392 Å². The number of aromatic nitrogens is 4. The first-order chi connectivity index (χ1) is 32.9. The molecule has 70 heavy (non-hydrogen) atoms. The Hall–Kier alpha value is -3.55. The molecule has 0 saturated carbocycles. The van der Waals surface area contributed by atoms with E-state index in [0.717, 1.165) is 86.8 Å². The molecule has 25 nitrogen and oxygen atoms in total. The lowest BCUT2D eigenvalue weighted by Crippen LogP contribution is -2.46. The van der Waals surface area contributed by atoms with Crippen LogP contribution in [-0.2, 0) is 55.5 Å². The summed E-state index contributed by atoms with van der Waals surface area (Å²) >= 11 is 0.916. The molecule has 2 unspecified atom stereocenters. The molecule has 29 heteroatoms. The zero-order valence-corrected chi connectivity index (χ0v) is 42.6. The third-order valence-corrected chi connectivity index (χ3v) is 14.1. The minimum atomic E-state index is -5.94. The van der Waals surface area contributed by atoms with Crippen LogP contribution in [0.1, 0.15) is 104 Å². The van der Waals surface area contributed by atoms with Gasteiger partial charge in [-0.2, -0.15) is 0 Å². The minimum Gasteiger partial charge on any atom is -0.790 e. The number of amides is 2. The number of aliphatic hydroxyl groups excluding tert-OH is 2. The second-order valence-electron chi connectivity index (χ2n) is 16.5. The third-order valence-electron chi connectivity index (χ3n) is 10.2. The number of nitrogen functional groups attached to an aromatic ring is 1. The number of phosphoric ester groups is 3. The average Bonchev–Trinajstić information content (AvgIpc) is 3.84. The van der Waals surface area contributed by atoms with Gasteiger partial charge in [0.2, 0.25) is 11.8 Å². The van der Waals surface area contributed by atoms with Gasteiger partial charge in [-0.3, -0.25) is 32.9 Å². The molecule has 0 bridgehead atoms. The summed E-state index contributed by atoms with van der Waals surface area (Å²) in [5.41, 5.74) is 4.04. The van der Waals surface area contributed by atoms with Gasteiger partial charge in [0, 0.05) is 37.1 Å². The molecule has 3 rings (SSSR count). The number of aliphatic hydroxyl groups is 2. The number of ketones is 1. The predicted molar refractivity (Wildman–Crippen MR) is 247 cm³/mol. The highest BCUT2D eigenvalue weighted by Gasteiger charge is 2.47. The Labute approximate surface area is 409 Å². The van der Waals surface area contributed by atoms with Gasteiger partial charge in [-0.15, -0.1) is 0 Å². The summed E-state index contributed by atoms with van der Waals surface area (Å²) in [7, 11) is -17.7. The van der Waals surface area contributed by atoms with Crippen molar-refractivity contribution in [3.05, 3.63) is 49.1 Å². The van der Waals surface area contributed by atoms with Crippen LogP contribution in [-0.4, -0.2) is 109 Å². The van der Waals surface area contributed by atoms with E-state index in [1.54, 1.807) is 0 Å². The zero-order valence-electron chi connectivity index (χ0n) is 39.1. The summed E-state index contributed by atoms with van der Waals surface area (Å²) in [4.78, 5) is 109. The number of hydrogen-bond donors (Lipinski definition) is 5. The maximum Gasteiger partial charge on any atom is 0.274 e. The first-order valence-corrected chi connectivity index (χ1v) is 27.8. The molecule has 0 radical (unpaired) electrons. The lowest BCUT2D eigenvalue weighted by molar-refractivity contribution is -0.347. The number of hydrogen-bond acceptors (Lipinski definition) is 23. The molecule has 3 heterocycles. The number of allylic oxidation sites excluding steroid dienone is 6. The maximum atomic E-state index is 12.6. The van der Waals surface area contributed by atoms with E-state index in [-0.39, 0.29) is 59.6 Å². The Morgan fingerprint density at radius 3 is 2.27 bits per heavy atom. The van der Waals surface area contributed by atoms with E-state index in [1.807, 2.05) is 0 Å². The smallest absolute Gasteiger partial charge is 0.274 e. The number of unbranched alkanes of at least 4 members (excludes halogenated alkanes) is 5. The molecule has 1 fully saturated rings. The van der Waals surface area contributed by atoms with Gasteiger partial charge in [-0.05, 0) is 38.5 Å². The molecule has 7 atom stereocenters. The highest BCUT2D eigenvalue weighted by Crippen LogP contribution is 2.56. The van der Waals surface area contributed by atoms with Gasteiger partial charge in [0.15, 0.2) is 22.8 Å². The molecular formula is C41H62N7O18P3S-4. The quantitative estimate of drug-likeness (QED) is 0.0288. The molecule has 2 amide bonds. The number of imidazole rings is 1. The van der Waals surface area contributed by atoms with E-state index in [9.17, 15) is 62.7 Å². The molecule has 6 N–H and O–H groups in total. The van der Waals surface area contributed by atoms with Gasteiger partial charge in [0.25, 0.3) is 15.6 Å². The van der Waals surface area contributed by atoms with Crippen molar-refractivity contribution >= 4 is 74.9 Å². The van der Waals surface area contributed by atoms with Crippen LogP contribution in [0.3, 0.4) is 0 Å². The molecule has 0 spiro atoms. The first-order valence-electron chi connectivity index (χ1n) is 22.4. The molecule has 0 aromatic carbocycles. The highest BCUT2D eigenvalue weighted by molar-refractivity contribution is 8.13. The van der Waals surface area contributed by atoms with Crippen LogP contribution in [0, 0.1) is 5.41 Å². The number of nitrogens with one attached hydrogen (secondary N) is 2. The Balaban J connectivity index is 1.30. The first kappa shape index (κ1) is 60.8. The van der Waals surface area contributed by atoms with E-state index in [0.29, 0.717) is 6.42 Å². The fraction of sp³-hybridized carbons (Fsp3) is 0.634. The van der Waals surface area contributed by atoms with E-state index >= 15 is 0 Å². The number of Topliss-reactive ketones (excluding diaryl/α,β-unsaturated/α-hetero) is 1. The fourth-order valence-electron chi connectivity index (χ4n) is 6.51. The van der Waals surface area contributed by atoms with Gasteiger partial charge in [-0.25, -0.2) is 19.3 Å². The number of carbonyl (C=O) groups excluding carboxylic acids is 4. The summed E-state index contributed by atoms with van der Waals surface area (Å²) in [5.74, 6) is -1.55. The number of fused-ring (bicyclic) bond motifs is 1. The van der Waals surface area contributed by atoms with Crippen LogP contribution in [0.5, 0.6) is 0 Å². The van der Waals surface area contributed by atoms with Crippen molar-refractivity contribution in [1.82, 2.24) is 30.2 Å². The van der Waals surface area contributed by atoms with Crippen molar-refractivity contribution in [3.63, 3.8) is 0 Å². The van der Waals surface area contributed by atoms with Crippen molar-refractivity contribution in [2.24, 2.45) is 5.41 Å². The van der Waals surface area contributed by atoms with E-state index in [2.05, 4.69) is 86.8 Å². The number of nitrogens with two attached hydrogens (primary N) is 1. The van der Waals surface area contributed by atoms with Gasteiger partial charge in [-0.1, -0.05) is 88.3 Å². The average molecular weight is 1070 g/mol. The second-order valence-corrected chi connectivity index (χ2v) is 21.7. The second kappa shape index (κ2) is 29.8. The number of nitrogens with zero attached hydrogens (tertiary/aromatic N) is 4. The lowest BCUT2D eigenvalue weighted by atomic mass is 9.87. The van der Waals surface area contributed by atoms with Crippen LogP contribution in [0.2, 0.25) is 0 Å². The molecule has 1 aliphatic rings. The van der Waals surface area contributed by atoms with Gasteiger partial charge in [0.1, 0.15) is 42.0 Å². The van der Waals surface area contributed by atoms with Gasteiger partial charge in [0.05, 0.1) is 33.8 Å². The molecular weight excluding hydrogens is 1000 g/mol. The summed E-state index contributed by atoms with van der Waals surface area (Å²) in [5, 5.41) is 26.0. The van der Waals surface area contributed by atoms with Gasteiger partial charge < -0.3 is 69.0 Å². The number of phosphoric acid groups is 3. The Kier molecular flexibility index (Phi) is 25.9. The van der Waals surface area contributed by atoms with E-state index in [4.69, 9.17) is 10.5 Å². The zero-order chi connectivity index (χ0) is 52.0. The van der Waals surface area contributed by atoms with Crippen LogP contribution in [0.15, 0.2) is 49.1 Å². The Bertz CT molecular complexity index is 2260. The Morgan fingerprint density at radius 2 is 1.57 bits per heavy atom. The van der Waals surface area contributed by atoms with Crippen LogP contribution in [0.25, 0.3) is 11.2 Å². The van der Waals surface area contributed by atoms with Crippen molar-refractivity contribution in [2.75, 3.05) is 37.8 Å². The molecule has 1 aliphatic heterocycles. The molecule has 1 saturated heterocycles. The predicted octanol–water partition coefficient (Wildman–Crippen LogP) is 1.69. The number of thioether (sulfide) groups is 1. The largest absolute Gasteiger partial charge is 0.790 e. The van der Waals surface area contributed by atoms with Gasteiger partial charge >= 0.3 is 0 Å². The molecule has 394 valence electrons. The Morgan fingerprint density at radius 1 is 0.914 bits per heavy atom. The number of carbonyl (C=O) groups is 4. The van der Waals surface area contributed by atoms with Crippen LogP contribution >= 0.6 is 35.2 Å². The number of rotatable bonds is 34. The van der Waals surface area contributed by atoms with Crippen molar-refractivity contribution in [2.45, 2.75) is 128 Å². The van der Waals surface area contributed by atoms with E-state index in [1.165, 1.54) is 13.8 Å². The van der Waals surface area contributed by atoms with E-state index < -0.39 is 84.6 Å². The van der Waals surface area contributed by atoms with Crippen molar-refractivity contribution in [1.29, 1.82) is 0 Å². The standard InChI is InChI=1S/C41H66N7O18P3S/c1-4-5-6-7-8-9-10-11-12-13-14-15-16-17-18-19-29(49)24-32(51)70-23-22-43-31(50)20-21-44-39(54)36(53)41(2,3)26-63-69(60,61)66-68(58,59)62-25-30-35(65-67(55,56)57)34(52)40(64-30)48-28-47-33-37(42)45-27-46-38(33)48/h5-6,8-9,11-12,27-28,30,34-36,40,52-53H,4,7,10,13-26H2,1-3H3,(H,43,50)(H,44,54)(H,58,59)(H,60,61)(H2,42,45,46)(H2,55,56,57)/p-4/b6-5-,9-8-,12-11-/t30-,34-,35-,36+,40-/m1/s1. The minimum absolute atomic E-state index is 0.0274. The SMILES string of the molecule is CC/C=C\C/C=C\C/C=C\CCCCCCCC(=O)CC(=O)SCCNC(=O)CCNC(=O)[C@H](O)C(C)(C)COP(=O)([O-])OP(=O)([O-])OC[C@H]1O[C@@H](n2cnc3c(N)ncnc32)[C@H](O)[C@@H]1OP(=O)([O-])[O-]. The monoisotopic (exact) mass is 1070 g/mol. The van der Waals surface area contributed by atoms with Crippen molar-refractivity contribution in [3.8, 4) is 0 Å². The molecule has 2 aromatic heterocycles. The lowest BCUT2D eigenvalue weighted by Gasteiger charge is -2.36. The number of anilines is 1. The molecule has 2 aromatic rings. The summed E-state index contributed by atoms with van der Waals surface area (Å²) in [6, 6.07) is 0. The molecule has 0 aliphatic carbocycles.